The van der Waals surface area contributed by atoms with Gasteiger partial charge in [0.25, 0.3) is 0 Å². The van der Waals surface area contributed by atoms with Crippen molar-refractivity contribution in [3.8, 4) is 11.8 Å². The molecule has 0 aliphatic carbocycles. The van der Waals surface area contributed by atoms with Crippen molar-refractivity contribution >= 4 is 27.5 Å². The second-order valence-electron chi connectivity index (χ2n) is 3.81. The smallest absolute Gasteiger partial charge is 0.241 e. The molecule has 1 N–H and O–H groups in total. The maximum atomic E-state index is 11.9. The Labute approximate surface area is 115 Å². The monoisotopic (exact) mass is 310 g/mol. The number of carbonyl (C=O) groups is 1. The number of hydrogen-bond acceptors (Lipinski definition) is 3. The Morgan fingerprint density at radius 3 is 2.89 bits per heavy atom. The van der Waals surface area contributed by atoms with Crippen molar-refractivity contribution in [3.05, 3.63) is 22.7 Å². The third kappa shape index (κ3) is 3.74. The minimum absolute atomic E-state index is 0.284. The number of rotatable bonds is 5. The fraction of sp³-hybridized carbons (Fsp3) is 0.385. The lowest BCUT2D eigenvalue weighted by atomic mass is 10.0. The van der Waals surface area contributed by atoms with Crippen LogP contribution in [-0.2, 0) is 4.79 Å². The topological polar surface area (TPSA) is 62.1 Å². The lowest BCUT2D eigenvalue weighted by Crippen LogP contribution is -2.21. The summed E-state index contributed by atoms with van der Waals surface area (Å²) in [4.78, 5) is 11.9. The molecule has 1 amide bonds. The van der Waals surface area contributed by atoms with Crippen molar-refractivity contribution < 1.29 is 9.53 Å². The van der Waals surface area contributed by atoms with Crippen LogP contribution in [0.1, 0.15) is 19.8 Å². The predicted octanol–water partition coefficient (Wildman–Crippen LogP) is 3.34. The van der Waals surface area contributed by atoms with Gasteiger partial charge in [0.15, 0.2) is 0 Å². The standard InChI is InChI=1S/C13H15BrN2O2/c1-3-4-9(8-15)13(17)16-12-7-10(18-2)5-6-11(12)14/h5-7,9H,3-4H2,1-2H3,(H,16,17). The largest absolute Gasteiger partial charge is 0.497 e. The van der Waals surface area contributed by atoms with Gasteiger partial charge in [-0.1, -0.05) is 13.3 Å². The first-order chi connectivity index (χ1) is 8.62. The van der Waals surface area contributed by atoms with Crippen molar-refractivity contribution in [3.63, 3.8) is 0 Å². The Morgan fingerprint density at radius 2 is 2.33 bits per heavy atom. The highest BCUT2D eigenvalue weighted by atomic mass is 79.9. The Balaban J connectivity index is 2.84. The van der Waals surface area contributed by atoms with E-state index in [1.165, 1.54) is 0 Å². The van der Waals surface area contributed by atoms with Gasteiger partial charge in [0, 0.05) is 10.5 Å². The van der Waals surface area contributed by atoms with Gasteiger partial charge < -0.3 is 10.1 Å². The zero-order valence-electron chi connectivity index (χ0n) is 10.4. The summed E-state index contributed by atoms with van der Waals surface area (Å²) in [5, 5.41) is 11.7. The molecular formula is C13H15BrN2O2. The van der Waals surface area contributed by atoms with Crippen molar-refractivity contribution in [2.45, 2.75) is 19.8 Å². The van der Waals surface area contributed by atoms with Crippen molar-refractivity contribution in [1.82, 2.24) is 0 Å². The highest BCUT2D eigenvalue weighted by molar-refractivity contribution is 9.10. The number of carbonyl (C=O) groups excluding carboxylic acids is 1. The second kappa shape index (κ2) is 7.02. The Bertz CT molecular complexity index is 469. The zero-order chi connectivity index (χ0) is 13.5. The molecule has 18 heavy (non-hydrogen) atoms. The number of anilines is 1. The molecule has 0 aliphatic heterocycles. The summed E-state index contributed by atoms with van der Waals surface area (Å²) in [6.07, 6.45) is 1.36. The first-order valence-electron chi connectivity index (χ1n) is 5.66. The fourth-order valence-electron chi connectivity index (χ4n) is 1.49. The number of halogens is 1. The van der Waals surface area contributed by atoms with Crippen LogP contribution in [-0.4, -0.2) is 13.0 Å². The van der Waals surface area contributed by atoms with Crippen LogP contribution in [0.3, 0.4) is 0 Å². The molecule has 1 aromatic rings. The number of benzene rings is 1. The van der Waals surface area contributed by atoms with E-state index in [1.54, 1.807) is 25.3 Å². The third-order valence-corrected chi connectivity index (χ3v) is 3.17. The average Bonchev–Trinajstić information content (AvgIpc) is 2.38. The van der Waals surface area contributed by atoms with Crippen molar-refractivity contribution in [2.75, 3.05) is 12.4 Å². The molecule has 4 nitrogen and oxygen atoms in total. The molecule has 0 bridgehead atoms. The van der Waals surface area contributed by atoms with Gasteiger partial charge in [0.05, 0.1) is 18.9 Å². The van der Waals surface area contributed by atoms with E-state index in [0.29, 0.717) is 17.9 Å². The highest BCUT2D eigenvalue weighted by Gasteiger charge is 2.17. The summed E-state index contributed by atoms with van der Waals surface area (Å²) < 4.78 is 5.84. The SMILES string of the molecule is CCCC(C#N)C(=O)Nc1cc(OC)ccc1Br. The van der Waals surface area contributed by atoms with Crippen LogP contribution in [0.4, 0.5) is 5.69 Å². The maximum absolute atomic E-state index is 11.9. The van der Waals surface area contributed by atoms with E-state index < -0.39 is 5.92 Å². The number of methoxy groups -OCH3 is 1. The molecular weight excluding hydrogens is 296 g/mol. The molecule has 5 heteroatoms. The number of nitrogens with one attached hydrogen (secondary N) is 1. The van der Waals surface area contributed by atoms with Gasteiger partial charge in [0.2, 0.25) is 5.91 Å². The van der Waals surface area contributed by atoms with Crippen LogP contribution in [0.5, 0.6) is 5.75 Å². The summed E-state index contributed by atoms with van der Waals surface area (Å²) in [6, 6.07) is 7.30. The van der Waals surface area contributed by atoms with Gasteiger partial charge in [-0.3, -0.25) is 4.79 Å². The molecule has 1 aromatic carbocycles. The Hall–Kier alpha value is -1.54. The molecule has 1 unspecified atom stereocenters. The average molecular weight is 311 g/mol. The van der Waals surface area contributed by atoms with E-state index >= 15 is 0 Å². The van der Waals surface area contributed by atoms with Crippen molar-refractivity contribution in [1.29, 1.82) is 5.26 Å². The van der Waals surface area contributed by atoms with E-state index in [9.17, 15) is 4.79 Å². The Morgan fingerprint density at radius 1 is 1.61 bits per heavy atom. The minimum Gasteiger partial charge on any atom is -0.497 e. The van der Waals surface area contributed by atoms with Crippen molar-refractivity contribution in [2.24, 2.45) is 5.92 Å². The number of amides is 1. The molecule has 96 valence electrons. The first kappa shape index (κ1) is 14.5. The van der Waals surface area contributed by atoms with E-state index in [-0.39, 0.29) is 5.91 Å². The van der Waals surface area contributed by atoms with Gasteiger partial charge in [0.1, 0.15) is 11.7 Å². The maximum Gasteiger partial charge on any atom is 0.241 e. The number of nitrogens with zero attached hydrogens (tertiary/aromatic N) is 1. The minimum atomic E-state index is -0.617. The quantitative estimate of drug-likeness (QED) is 0.907. The van der Waals surface area contributed by atoms with E-state index in [0.717, 1.165) is 10.9 Å². The van der Waals surface area contributed by atoms with E-state index in [1.807, 2.05) is 13.0 Å². The zero-order valence-corrected chi connectivity index (χ0v) is 12.0. The number of hydrogen-bond donors (Lipinski definition) is 1. The predicted molar refractivity (Wildman–Crippen MR) is 73.3 cm³/mol. The fourth-order valence-corrected chi connectivity index (χ4v) is 1.84. The molecule has 0 spiro atoms. The lowest BCUT2D eigenvalue weighted by molar-refractivity contribution is -0.118. The molecule has 0 saturated carbocycles. The Kier molecular flexibility index (Phi) is 5.66. The number of nitriles is 1. The van der Waals surface area contributed by atoms with Gasteiger partial charge in [-0.05, 0) is 34.5 Å². The summed E-state index contributed by atoms with van der Waals surface area (Å²) in [5.74, 6) is -0.251. The lowest BCUT2D eigenvalue weighted by Gasteiger charge is -2.11. The van der Waals surface area contributed by atoms with Gasteiger partial charge in [-0.15, -0.1) is 0 Å². The van der Waals surface area contributed by atoms with Crippen LogP contribution < -0.4 is 10.1 Å². The van der Waals surface area contributed by atoms with Gasteiger partial charge in [-0.25, -0.2) is 0 Å². The molecule has 0 radical (unpaired) electrons. The highest BCUT2D eigenvalue weighted by Crippen LogP contribution is 2.27. The summed E-state index contributed by atoms with van der Waals surface area (Å²) >= 11 is 3.34. The van der Waals surface area contributed by atoms with Gasteiger partial charge in [-0.2, -0.15) is 5.26 Å². The molecule has 0 aliphatic rings. The van der Waals surface area contributed by atoms with Crippen LogP contribution in [0.2, 0.25) is 0 Å². The second-order valence-corrected chi connectivity index (χ2v) is 4.66. The van der Waals surface area contributed by atoms with Crippen LogP contribution >= 0.6 is 15.9 Å². The summed E-state index contributed by atoms with van der Waals surface area (Å²) in [5.41, 5.74) is 0.607. The number of ether oxygens (including phenoxy) is 1. The van der Waals surface area contributed by atoms with E-state index in [2.05, 4.69) is 21.2 Å². The first-order valence-corrected chi connectivity index (χ1v) is 6.45. The van der Waals surface area contributed by atoms with Crippen LogP contribution in [0.15, 0.2) is 22.7 Å². The van der Waals surface area contributed by atoms with E-state index in [4.69, 9.17) is 10.00 Å². The van der Waals surface area contributed by atoms with Crippen LogP contribution in [0.25, 0.3) is 0 Å². The molecule has 0 fully saturated rings. The molecule has 1 atom stereocenters. The molecule has 1 rings (SSSR count). The summed E-state index contributed by atoms with van der Waals surface area (Å²) in [7, 11) is 1.56. The van der Waals surface area contributed by atoms with Gasteiger partial charge >= 0.3 is 0 Å². The summed E-state index contributed by atoms with van der Waals surface area (Å²) in [6.45, 7) is 1.94. The molecule has 0 heterocycles. The normalized spacial score (nSPS) is 11.4. The van der Waals surface area contributed by atoms with Crippen LogP contribution in [0, 0.1) is 17.2 Å². The molecule has 0 saturated heterocycles. The molecule has 0 aromatic heterocycles. The third-order valence-electron chi connectivity index (χ3n) is 2.48.